The molecule has 1 saturated heterocycles. The molecule has 0 spiro atoms. The number of ether oxygens (including phenoxy) is 1. The van der Waals surface area contributed by atoms with Crippen molar-refractivity contribution in [2.75, 3.05) is 13.2 Å². The molecular weight excluding hydrogens is 238 g/mol. The lowest BCUT2D eigenvalue weighted by Crippen LogP contribution is -2.50. The Hall–Kier alpha value is -0.880. The van der Waals surface area contributed by atoms with Gasteiger partial charge in [-0.3, -0.25) is 15.6 Å². The van der Waals surface area contributed by atoms with E-state index in [-0.39, 0.29) is 12.0 Å². The normalized spacial score (nSPS) is 19.1. The van der Waals surface area contributed by atoms with Crippen LogP contribution in [0.25, 0.3) is 0 Å². The smallest absolute Gasteiger partial charge is 0.267 e. The van der Waals surface area contributed by atoms with Crippen molar-refractivity contribution in [1.82, 2.24) is 16.2 Å². The second kappa shape index (κ2) is 7.45. The summed E-state index contributed by atoms with van der Waals surface area (Å²) in [5, 5.41) is 3.47. The highest BCUT2D eigenvalue weighted by atomic mass is 32.1. The Morgan fingerprint density at radius 1 is 1.47 bits per heavy atom. The molecule has 1 aliphatic heterocycles. The molecule has 0 aromatic carbocycles. The Kier molecular flexibility index (Phi) is 6.21. The lowest BCUT2D eigenvalue weighted by atomic mass is 10.1. The SMILES string of the molecule is CC(C)CCNC(=S)NNC(=O)[C@H]1CCCO1. The number of hydrogen-bond donors (Lipinski definition) is 3. The van der Waals surface area contributed by atoms with E-state index in [1.807, 2.05) is 0 Å². The molecule has 6 heteroatoms. The van der Waals surface area contributed by atoms with Crippen LogP contribution >= 0.6 is 12.2 Å². The second-order valence-corrected chi connectivity index (χ2v) is 4.96. The third-order valence-corrected chi connectivity index (χ3v) is 2.77. The number of hydrogen-bond acceptors (Lipinski definition) is 3. The minimum Gasteiger partial charge on any atom is -0.368 e. The molecule has 1 rings (SSSR count). The van der Waals surface area contributed by atoms with Gasteiger partial charge in [-0.05, 0) is 37.4 Å². The van der Waals surface area contributed by atoms with Crippen molar-refractivity contribution in [1.29, 1.82) is 0 Å². The zero-order valence-electron chi connectivity index (χ0n) is 10.4. The monoisotopic (exact) mass is 259 g/mol. The third kappa shape index (κ3) is 5.83. The van der Waals surface area contributed by atoms with Gasteiger partial charge in [-0.25, -0.2) is 0 Å². The van der Waals surface area contributed by atoms with Gasteiger partial charge in [-0.1, -0.05) is 13.8 Å². The minimum atomic E-state index is -0.332. The van der Waals surface area contributed by atoms with Crippen molar-refractivity contribution in [2.45, 2.75) is 39.2 Å². The zero-order chi connectivity index (χ0) is 12.7. The summed E-state index contributed by atoms with van der Waals surface area (Å²) in [6.45, 7) is 5.77. The molecular formula is C11H21N3O2S. The molecule has 0 aromatic heterocycles. The minimum absolute atomic E-state index is 0.157. The first-order valence-corrected chi connectivity index (χ1v) is 6.45. The molecule has 5 nitrogen and oxygen atoms in total. The summed E-state index contributed by atoms with van der Waals surface area (Å²) < 4.78 is 5.24. The van der Waals surface area contributed by atoms with Gasteiger partial charge in [0.2, 0.25) is 0 Å². The van der Waals surface area contributed by atoms with E-state index in [1.165, 1.54) is 0 Å². The molecule has 0 radical (unpaired) electrons. The fraction of sp³-hybridized carbons (Fsp3) is 0.818. The highest BCUT2D eigenvalue weighted by Gasteiger charge is 2.23. The molecule has 1 aliphatic rings. The lowest BCUT2D eigenvalue weighted by molar-refractivity contribution is -0.130. The van der Waals surface area contributed by atoms with Crippen LogP contribution < -0.4 is 16.2 Å². The van der Waals surface area contributed by atoms with Gasteiger partial charge in [0.05, 0.1) is 0 Å². The molecule has 0 unspecified atom stereocenters. The van der Waals surface area contributed by atoms with E-state index in [0.29, 0.717) is 17.6 Å². The molecule has 0 bridgehead atoms. The van der Waals surface area contributed by atoms with Gasteiger partial charge >= 0.3 is 0 Å². The van der Waals surface area contributed by atoms with Crippen molar-refractivity contribution in [3.8, 4) is 0 Å². The van der Waals surface area contributed by atoms with Crippen molar-refractivity contribution in [2.24, 2.45) is 5.92 Å². The molecule has 0 saturated carbocycles. The molecule has 17 heavy (non-hydrogen) atoms. The van der Waals surface area contributed by atoms with E-state index in [4.69, 9.17) is 17.0 Å². The number of carbonyl (C=O) groups is 1. The molecule has 0 aliphatic carbocycles. The van der Waals surface area contributed by atoms with Gasteiger partial charge in [-0.15, -0.1) is 0 Å². The zero-order valence-corrected chi connectivity index (χ0v) is 11.2. The van der Waals surface area contributed by atoms with Crippen molar-refractivity contribution in [3.05, 3.63) is 0 Å². The van der Waals surface area contributed by atoms with Crippen molar-refractivity contribution >= 4 is 23.2 Å². The molecule has 98 valence electrons. The van der Waals surface area contributed by atoms with Crippen molar-refractivity contribution < 1.29 is 9.53 Å². The van der Waals surface area contributed by atoms with Gasteiger partial charge in [0.25, 0.3) is 5.91 Å². The largest absolute Gasteiger partial charge is 0.368 e. The third-order valence-electron chi connectivity index (χ3n) is 2.53. The van der Waals surface area contributed by atoms with E-state index in [2.05, 4.69) is 30.0 Å². The van der Waals surface area contributed by atoms with Gasteiger partial charge in [0.1, 0.15) is 6.10 Å². The fourth-order valence-corrected chi connectivity index (χ4v) is 1.65. The van der Waals surface area contributed by atoms with Crippen LogP contribution in [0.5, 0.6) is 0 Å². The number of rotatable bonds is 4. The topological polar surface area (TPSA) is 62.4 Å². The number of thiocarbonyl (C=S) groups is 1. The second-order valence-electron chi connectivity index (χ2n) is 4.55. The maximum Gasteiger partial charge on any atom is 0.267 e. The van der Waals surface area contributed by atoms with Crippen molar-refractivity contribution in [3.63, 3.8) is 0 Å². The number of carbonyl (C=O) groups excluding carboxylic acids is 1. The van der Waals surface area contributed by atoms with Crippen LogP contribution in [0.4, 0.5) is 0 Å². The Balaban J connectivity index is 2.08. The summed E-state index contributed by atoms with van der Waals surface area (Å²) in [5.41, 5.74) is 5.22. The average Bonchev–Trinajstić information content (AvgIpc) is 2.78. The number of amides is 1. The van der Waals surface area contributed by atoms with Gasteiger partial charge < -0.3 is 10.1 Å². The Labute approximate surface area is 108 Å². The summed E-state index contributed by atoms with van der Waals surface area (Å²) in [5.74, 6) is 0.474. The standard InChI is InChI=1S/C11H21N3O2S/c1-8(2)5-6-12-11(17)14-13-10(15)9-4-3-7-16-9/h8-9H,3-7H2,1-2H3,(H,13,15)(H2,12,14,17)/t9-/m1/s1. The van der Waals surface area contributed by atoms with Gasteiger partial charge in [-0.2, -0.15) is 0 Å². The van der Waals surface area contributed by atoms with Crippen LogP contribution in [-0.2, 0) is 9.53 Å². The molecule has 3 N–H and O–H groups in total. The van der Waals surface area contributed by atoms with E-state index in [9.17, 15) is 4.79 Å². The summed E-state index contributed by atoms with van der Waals surface area (Å²) >= 11 is 5.02. The highest BCUT2D eigenvalue weighted by molar-refractivity contribution is 7.80. The summed E-state index contributed by atoms with van der Waals surface area (Å²) in [7, 11) is 0. The highest BCUT2D eigenvalue weighted by Crippen LogP contribution is 2.11. The summed E-state index contributed by atoms with van der Waals surface area (Å²) in [6.07, 6.45) is 2.43. The first kappa shape index (κ1) is 14.2. The van der Waals surface area contributed by atoms with Crippen LogP contribution in [-0.4, -0.2) is 30.3 Å². The molecule has 1 atom stereocenters. The molecule has 1 amide bonds. The summed E-state index contributed by atoms with van der Waals surface area (Å²) in [6, 6.07) is 0. The Morgan fingerprint density at radius 3 is 2.82 bits per heavy atom. The number of hydrazine groups is 1. The molecule has 1 fully saturated rings. The average molecular weight is 259 g/mol. The van der Waals surface area contributed by atoms with E-state index >= 15 is 0 Å². The number of nitrogens with one attached hydrogen (secondary N) is 3. The van der Waals surface area contributed by atoms with Gasteiger partial charge in [0.15, 0.2) is 5.11 Å². The van der Waals surface area contributed by atoms with Gasteiger partial charge in [0, 0.05) is 13.2 Å². The van der Waals surface area contributed by atoms with Crippen LogP contribution in [0, 0.1) is 5.92 Å². The lowest BCUT2D eigenvalue weighted by Gasteiger charge is -2.14. The molecule has 1 heterocycles. The van der Waals surface area contributed by atoms with E-state index in [0.717, 1.165) is 25.8 Å². The first-order valence-electron chi connectivity index (χ1n) is 6.05. The van der Waals surface area contributed by atoms with Crippen LogP contribution in [0.2, 0.25) is 0 Å². The van der Waals surface area contributed by atoms with Crippen LogP contribution in [0.1, 0.15) is 33.1 Å². The predicted octanol–water partition coefficient (Wildman–Crippen LogP) is 0.707. The maximum atomic E-state index is 11.5. The summed E-state index contributed by atoms with van der Waals surface area (Å²) in [4.78, 5) is 11.5. The maximum absolute atomic E-state index is 11.5. The Morgan fingerprint density at radius 2 is 2.24 bits per heavy atom. The first-order chi connectivity index (χ1) is 8.09. The quantitative estimate of drug-likeness (QED) is 0.512. The van der Waals surface area contributed by atoms with Crippen LogP contribution in [0.3, 0.4) is 0 Å². The van der Waals surface area contributed by atoms with E-state index in [1.54, 1.807) is 0 Å². The predicted molar refractivity (Wildman–Crippen MR) is 70.3 cm³/mol. The van der Waals surface area contributed by atoms with E-state index < -0.39 is 0 Å². The van der Waals surface area contributed by atoms with Crippen LogP contribution in [0.15, 0.2) is 0 Å². The Bertz CT molecular complexity index is 265. The fourth-order valence-electron chi connectivity index (χ4n) is 1.50. The molecule has 0 aromatic rings.